The van der Waals surface area contributed by atoms with Crippen LogP contribution in [0.25, 0.3) is 0 Å². The molecular formula is C20H25N3O2. The SMILES string of the molecule is Nc1cccc(OCCCCCN2CCN(c3ccccc3)C2=O)c1. The molecule has 2 amide bonds. The minimum absolute atomic E-state index is 0.113. The summed E-state index contributed by atoms with van der Waals surface area (Å²) in [6, 6.07) is 17.5. The summed E-state index contributed by atoms with van der Waals surface area (Å²) < 4.78 is 5.69. The molecule has 2 N–H and O–H groups in total. The van der Waals surface area contributed by atoms with Crippen LogP contribution in [0.5, 0.6) is 5.75 Å². The van der Waals surface area contributed by atoms with E-state index < -0.39 is 0 Å². The molecule has 5 nitrogen and oxygen atoms in total. The van der Waals surface area contributed by atoms with Gasteiger partial charge in [-0.2, -0.15) is 0 Å². The molecule has 0 aliphatic carbocycles. The zero-order valence-electron chi connectivity index (χ0n) is 14.4. The van der Waals surface area contributed by atoms with Gasteiger partial charge < -0.3 is 15.4 Å². The van der Waals surface area contributed by atoms with Gasteiger partial charge in [0, 0.05) is 37.1 Å². The lowest BCUT2D eigenvalue weighted by molar-refractivity contribution is 0.219. The Hall–Kier alpha value is -2.69. The van der Waals surface area contributed by atoms with Crippen LogP contribution in [0.15, 0.2) is 54.6 Å². The number of nitrogens with two attached hydrogens (primary N) is 1. The Labute approximate surface area is 149 Å². The van der Waals surface area contributed by atoms with Crippen molar-refractivity contribution in [3.05, 3.63) is 54.6 Å². The van der Waals surface area contributed by atoms with Gasteiger partial charge in [0.05, 0.1) is 6.61 Å². The van der Waals surface area contributed by atoms with Crippen LogP contribution in [0.2, 0.25) is 0 Å². The van der Waals surface area contributed by atoms with Crippen LogP contribution in [0.3, 0.4) is 0 Å². The van der Waals surface area contributed by atoms with E-state index in [1.54, 1.807) is 0 Å². The average Bonchev–Trinajstić information content (AvgIpc) is 2.99. The van der Waals surface area contributed by atoms with Crippen molar-refractivity contribution in [2.24, 2.45) is 0 Å². The molecule has 132 valence electrons. The largest absolute Gasteiger partial charge is 0.494 e. The van der Waals surface area contributed by atoms with Crippen molar-refractivity contribution < 1.29 is 9.53 Å². The van der Waals surface area contributed by atoms with Gasteiger partial charge >= 0.3 is 6.03 Å². The molecule has 0 atom stereocenters. The number of ether oxygens (including phenoxy) is 1. The highest BCUT2D eigenvalue weighted by Crippen LogP contribution is 2.20. The molecule has 0 aromatic heterocycles. The van der Waals surface area contributed by atoms with Gasteiger partial charge in [-0.25, -0.2) is 4.79 Å². The summed E-state index contributed by atoms with van der Waals surface area (Å²) in [6.07, 6.45) is 3.01. The Morgan fingerprint density at radius 1 is 0.960 bits per heavy atom. The third-order valence-electron chi connectivity index (χ3n) is 4.36. The highest BCUT2D eigenvalue weighted by Gasteiger charge is 2.28. The number of nitrogens with zero attached hydrogens (tertiary/aromatic N) is 2. The average molecular weight is 339 g/mol. The number of benzene rings is 2. The number of carbonyl (C=O) groups excluding carboxylic acids is 1. The van der Waals surface area contributed by atoms with Gasteiger partial charge in [0.1, 0.15) is 5.75 Å². The maximum Gasteiger partial charge on any atom is 0.324 e. The maximum absolute atomic E-state index is 12.5. The predicted molar refractivity (Wildman–Crippen MR) is 101 cm³/mol. The Morgan fingerprint density at radius 3 is 2.60 bits per heavy atom. The van der Waals surface area contributed by atoms with Gasteiger partial charge in [0.15, 0.2) is 0 Å². The molecular weight excluding hydrogens is 314 g/mol. The lowest BCUT2D eigenvalue weighted by Gasteiger charge is -2.18. The first-order chi connectivity index (χ1) is 12.2. The van der Waals surface area contributed by atoms with Crippen molar-refractivity contribution in [3.8, 4) is 5.75 Å². The van der Waals surface area contributed by atoms with Crippen molar-refractivity contribution in [3.63, 3.8) is 0 Å². The van der Waals surface area contributed by atoms with E-state index in [0.29, 0.717) is 12.3 Å². The van der Waals surface area contributed by atoms with Crippen LogP contribution in [0, 0.1) is 0 Å². The van der Waals surface area contributed by atoms with E-state index in [-0.39, 0.29) is 6.03 Å². The van der Waals surface area contributed by atoms with Gasteiger partial charge in [0.2, 0.25) is 0 Å². The fraction of sp³-hybridized carbons (Fsp3) is 0.350. The summed E-state index contributed by atoms with van der Waals surface area (Å²) in [4.78, 5) is 16.2. The third kappa shape index (κ3) is 4.66. The molecule has 0 unspecified atom stereocenters. The van der Waals surface area contributed by atoms with Gasteiger partial charge in [-0.3, -0.25) is 4.90 Å². The van der Waals surface area contributed by atoms with Crippen molar-refractivity contribution in [1.29, 1.82) is 0 Å². The molecule has 5 heteroatoms. The molecule has 2 aromatic carbocycles. The number of nitrogen functional groups attached to an aromatic ring is 1. The molecule has 2 aromatic rings. The number of hydrogen-bond acceptors (Lipinski definition) is 3. The summed E-state index contributed by atoms with van der Waals surface area (Å²) >= 11 is 0. The first-order valence-electron chi connectivity index (χ1n) is 8.84. The predicted octanol–water partition coefficient (Wildman–Crippen LogP) is 3.76. The number of carbonyl (C=O) groups is 1. The number of para-hydroxylation sites is 1. The standard InChI is InChI=1S/C20H25N3O2/c21-17-8-7-11-19(16-17)25-15-6-2-5-12-22-13-14-23(20(22)24)18-9-3-1-4-10-18/h1,3-4,7-11,16H,2,5-6,12-15,21H2. The van der Waals surface area contributed by atoms with E-state index in [2.05, 4.69) is 0 Å². The second-order valence-corrected chi connectivity index (χ2v) is 6.24. The van der Waals surface area contributed by atoms with E-state index in [9.17, 15) is 4.79 Å². The van der Waals surface area contributed by atoms with Crippen LogP contribution >= 0.6 is 0 Å². The van der Waals surface area contributed by atoms with Gasteiger partial charge in [-0.1, -0.05) is 24.3 Å². The topological polar surface area (TPSA) is 58.8 Å². The smallest absolute Gasteiger partial charge is 0.324 e. The molecule has 0 bridgehead atoms. The summed E-state index contributed by atoms with van der Waals surface area (Å²) in [6.45, 7) is 3.04. The number of amides is 2. The van der Waals surface area contributed by atoms with Crippen LogP contribution < -0.4 is 15.4 Å². The number of rotatable bonds is 8. The van der Waals surface area contributed by atoms with E-state index in [0.717, 1.165) is 50.3 Å². The quantitative estimate of drug-likeness (QED) is 0.588. The van der Waals surface area contributed by atoms with Gasteiger partial charge in [0.25, 0.3) is 0 Å². The van der Waals surface area contributed by atoms with Crippen molar-refractivity contribution >= 4 is 17.4 Å². The van der Waals surface area contributed by atoms with Gasteiger partial charge in [-0.15, -0.1) is 0 Å². The number of unbranched alkanes of at least 4 members (excludes halogenated alkanes) is 2. The fourth-order valence-corrected chi connectivity index (χ4v) is 3.01. The zero-order valence-corrected chi connectivity index (χ0v) is 14.4. The van der Waals surface area contributed by atoms with Crippen molar-refractivity contribution in [1.82, 2.24) is 4.90 Å². The molecule has 1 aliphatic heterocycles. The highest BCUT2D eigenvalue weighted by atomic mass is 16.5. The highest BCUT2D eigenvalue weighted by molar-refractivity contribution is 5.94. The second kappa shape index (κ2) is 8.42. The van der Waals surface area contributed by atoms with E-state index in [1.807, 2.05) is 64.4 Å². The minimum Gasteiger partial charge on any atom is -0.494 e. The molecule has 0 radical (unpaired) electrons. The number of urea groups is 1. The Morgan fingerprint density at radius 2 is 1.80 bits per heavy atom. The summed E-state index contributed by atoms with van der Waals surface area (Å²) in [5.74, 6) is 0.813. The van der Waals surface area contributed by atoms with E-state index >= 15 is 0 Å². The summed E-state index contributed by atoms with van der Waals surface area (Å²) in [5, 5.41) is 0. The van der Waals surface area contributed by atoms with Crippen LogP contribution in [0.1, 0.15) is 19.3 Å². The van der Waals surface area contributed by atoms with E-state index in [1.165, 1.54) is 0 Å². The molecule has 1 fully saturated rings. The van der Waals surface area contributed by atoms with E-state index in [4.69, 9.17) is 10.5 Å². The maximum atomic E-state index is 12.5. The number of hydrogen-bond donors (Lipinski definition) is 1. The first kappa shape index (κ1) is 17.1. The zero-order chi connectivity index (χ0) is 17.5. The molecule has 3 rings (SSSR count). The van der Waals surface area contributed by atoms with Gasteiger partial charge in [-0.05, 0) is 43.5 Å². The molecule has 25 heavy (non-hydrogen) atoms. The Bertz CT molecular complexity index is 690. The molecule has 0 saturated carbocycles. The molecule has 0 spiro atoms. The van der Waals surface area contributed by atoms with Crippen molar-refractivity contribution in [2.45, 2.75) is 19.3 Å². The molecule has 1 aliphatic rings. The lowest BCUT2D eigenvalue weighted by atomic mass is 10.2. The minimum atomic E-state index is 0.113. The molecule has 1 saturated heterocycles. The second-order valence-electron chi connectivity index (χ2n) is 6.24. The van der Waals surface area contributed by atoms with Crippen LogP contribution in [-0.4, -0.2) is 37.2 Å². The monoisotopic (exact) mass is 339 g/mol. The van der Waals surface area contributed by atoms with Crippen molar-refractivity contribution in [2.75, 3.05) is 36.9 Å². The Kier molecular flexibility index (Phi) is 5.77. The summed E-state index contributed by atoms with van der Waals surface area (Å²) in [7, 11) is 0. The fourth-order valence-electron chi connectivity index (χ4n) is 3.01. The Balaban J connectivity index is 1.34. The lowest BCUT2D eigenvalue weighted by Crippen LogP contribution is -2.32. The normalized spacial score (nSPS) is 14.2. The number of anilines is 2. The third-order valence-corrected chi connectivity index (χ3v) is 4.36. The molecule has 1 heterocycles. The summed E-state index contributed by atoms with van der Waals surface area (Å²) in [5.41, 5.74) is 7.42. The first-order valence-corrected chi connectivity index (χ1v) is 8.84. The van der Waals surface area contributed by atoms with Crippen LogP contribution in [-0.2, 0) is 0 Å². The van der Waals surface area contributed by atoms with Crippen LogP contribution in [0.4, 0.5) is 16.2 Å².